The van der Waals surface area contributed by atoms with Gasteiger partial charge in [0.05, 0.1) is 32.3 Å². The number of carbonyl (C=O) groups excluding carboxylic acids is 1. The summed E-state index contributed by atoms with van der Waals surface area (Å²) in [6, 6.07) is 10.5. The van der Waals surface area contributed by atoms with Crippen LogP contribution >= 0.6 is 11.6 Å². The lowest BCUT2D eigenvalue weighted by Crippen LogP contribution is -2.52. The van der Waals surface area contributed by atoms with Crippen LogP contribution in [0.1, 0.15) is 48.6 Å². The van der Waals surface area contributed by atoms with Crippen molar-refractivity contribution in [2.75, 3.05) is 20.1 Å². The predicted molar refractivity (Wildman–Crippen MR) is 110 cm³/mol. The van der Waals surface area contributed by atoms with Crippen molar-refractivity contribution < 1.29 is 9.28 Å². The van der Waals surface area contributed by atoms with Crippen LogP contribution in [0.4, 0.5) is 0 Å². The van der Waals surface area contributed by atoms with Crippen molar-refractivity contribution in [1.29, 1.82) is 0 Å². The summed E-state index contributed by atoms with van der Waals surface area (Å²) in [6.07, 6.45) is 6.34. The molecule has 1 fully saturated rings. The molecule has 0 bridgehead atoms. The number of halogens is 1. The van der Waals surface area contributed by atoms with Gasteiger partial charge in [0.2, 0.25) is 0 Å². The Labute approximate surface area is 166 Å². The molecule has 0 radical (unpaired) electrons. The molecule has 1 aliphatic carbocycles. The SMILES string of the molecule is CCC(=O)[N+]1(C)CCC(=C2c3ccc(Cl)cc3CCc3cccnc32)CC1. The van der Waals surface area contributed by atoms with E-state index in [1.54, 1.807) is 0 Å². The number of aromatic nitrogens is 1. The van der Waals surface area contributed by atoms with Crippen LogP contribution in [0.5, 0.6) is 0 Å². The summed E-state index contributed by atoms with van der Waals surface area (Å²) in [4.78, 5) is 17.2. The number of piperidine rings is 1. The Morgan fingerprint density at radius 1 is 1.11 bits per heavy atom. The Balaban J connectivity index is 1.82. The van der Waals surface area contributed by atoms with E-state index in [1.165, 1.54) is 27.8 Å². The predicted octanol–water partition coefficient (Wildman–Crippen LogP) is 4.81. The van der Waals surface area contributed by atoms with Crippen LogP contribution in [-0.4, -0.2) is 35.5 Å². The quantitative estimate of drug-likeness (QED) is 0.663. The number of nitrogens with zero attached hydrogens (tertiary/aromatic N) is 2. The third kappa shape index (κ3) is 3.35. The molecule has 2 aliphatic rings. The van der Waals surface area contributed by atoms with Crippen molar-refractivity contribution in [2.24, 2.45) is 0 Å². The topological polar surface area (TPSA) is 30.0 Å². The number of quaternary nitrogens is 1. The maximum absolute atomic E-state index is 12.4. The minimum Gasteiger partial charge on any atom is -0.262 e. The fourth-order valence-electron chi connectivity index (χ4n) is 4.51. The summed E-state index contributed by atoms with van der Waals surface area (Å²) in [5.41, 5.74) is 7.70. The number of aryl methyl sites for hydroxylation is 2. The molecule has 0 atom stereocenters. The second kappa shape index (κ2) is 7.21. The van der Waals surface area contributed by atoms with Gasteiger partial charge in [-0.15, -0.1) is 0 Å². The number of pyridine rings is 1. The normalized spacial score (nSPS) is 22.0. The summed E-state index contributed by atoms with van der Waals surface area (Å²) >= 11 is 6.29. The fourth-order valence-corrected chi connectivity index (χ4v) is 4.71. The second-order valence-corrected chi connectivity index (χ2v) is 8.32. The van der Waals surface area contributed by atoms with E-state index < -0.39 is 0 Å². The van der Waals surface area contributed by atoms with Crippen molar-refractivity contribution in [3.8, 4) is 0 Å². The Hall–Kier alpha value is -1.97. The van der Waals surface area contributed by atoms with Crippen molar-refractivity contribution in [3.05, 3.63) is 69.5 Å². The number of hydrogen-bond acceptors (Lipinski definition) is 2. The van der Waals surface area contributed by atoms with E-state index in [2.05, 4.69) is 25.2 Å². The number of benzene rings is 1. The third-order valence-corrected chi connectivity index (χ3v) is 6.44. The number of hydrogen-bond donors (Lipinski definition) is 0. The number of amides is 1. The highest BCUT2D eigenvalue weighted by Gasteiger charge is 2.35. The van der Waals surface area contributed by atoms with E-state index in [0.717, 1.165) is 49.5 Å². The molecule has 27 heavy (non-hydrogen) atoms. The largest absolute Gasteiger partial charge is 0.313 e. The number of carbonyl (C=O) groups is 1. The molecule has 2 aromatic rings. The second-order valence-electron chi connectivity index (χ2n) is 7.88. The molecule has 0 unspecified atom stereocenters. The van der Waals surface area contributed by atoms with Gasteiger partial charge < -0.3 is 0 Å². The molecule has 4 rings (SSSR count). The Bertz CT molecular complexity index is 922. The van der Waals surface area contributed by atoms with Crippen LogP contribution in [0.2, 0.25) is 5.02 Å². The zero-order valence-corrected chi connectivity index (χ0v) is 16.9. The summed E-state index contributed by atoms with van der Waals surface area (Å²) in [7, 11) is 2.08. The van der Waals surface area contributed by atoms with Gasteiger partial charge in [-0.2, -0.15) is 0 Å². The lowest BCUT2D eigenvalue weighted by molar-refractivity contribution is -0.837. The van der Waals surface area contributed by atoms with E-state index in [4.69, 9.17) is 16.6 Å². The van der Waals surface area contributed by atoms with Crippen LogP contribution in [0.15, 0.2) is 42.1 Å². The number of rotatable bonds is 1. The molecule has 1 aromatic heterocycles. The van der Waals surface area contributed by atoms with Gasteiger partial charge in [-0.05, 0) is 53.3 Å². The highest BCUT2D eigenvalue weighted by molar-refractivity contribution is 6.30. The van der Waals surface area contributed by atoms with Gasteiger partial charge in [0.1, 0.15) is 0 Å². The smallest absolute Gasteiger partial charge is 0.262 e. The van der Waals surface area contributed by atoms with E-state index in [1.807, 2.05) is 25.3 Å². The highest BCUT2D eigenvalue weighted by atomic mass is 35.5. The van der Waals surface area contributed by atoms with Crippen molar-refractivity contribution in [3.63, 3.8) is 0 Å². The first-order valence-corrected chi connectivity index (χ1v) is 10.2. The molecule has 2 heterocycles. The van der Waals surface area contributed by atoms with Gasteiger partial charge in [0.25, 0.3) is 0 Å². The van der Waals surface area contributed by atoms with Gasteiger partial charge in [0, 0.05) is 29.6 Å². The van der Waals surface area contributed by atoms with E-state index in [-0.39, 0.29) is 0 Å². The fraction of sp³-hybridized carbons (Fsp3) is 0.391. The summed E-state index contributed by atoms with van der Waals surface area (Å²) in [5.74, 6) is 0.339. The lowest BCUT2D eigenvalue weighted by Gasteiger charge is -2.36. The highest BCUT2D eigenvalue weighted by Crippen LogP contribution is 2.39. The zero-order chi connectivity index (χ0) is 19.0. The van der Waals surface area contributed by atoms with Crippen LogP contribution in [0.25, 0.3) is 5.57 Å². The van der Waals surface area contributed by atoms with Gasteiger partial charge in [0.15, 0.2) is 0 Å². The third-order valence-electron chi connectivity index (χ3n) is 6.20. The molecule has 0 saturated carbocycles. The molecular weight excluding hydrogens is 356 g/mol. The summed E-state index contributed by atoms with van der Waals surface area (Å²) < 4.78 is 0.551. The van der Waals surface area contributed by atoms with Crippen molar-refractivity contribution in [2.45, 2.75) is 39.0 Å². The average molecular weight is 382 g/mol. The first-order chi connectivity index (χ1) is 13.0. The molecule has 1 amide bonds. The minimum atomic E-state index is 0.339. The molecule has 0 N–H and O–H groups in total. The van der Waals surface area contributed by atoms with Crippen LogP contribution in [0, 0.1) is 0 Å². The number of fused-ring (bicyclic) bond motifs is 2. The first kappa shape index (κ1) is 18.4. The maximum atomic E-state index is 12.4. The lowest BCUT2D eigenvalue weighted by atomic mass is 9.88. The standard InChI is InChI=1S/C23H26ClN2O/c1-3-21(27)26(2)13-10-16(11-14-26)22-20-9-8-19(24)15-18(20)7-6-17-5-4-12-25-23(17)22/h4-5,8-9,12,15H,3,6-7,10-11,13-14H2,1-2H3/q+1. The van der Waals surface area contributed by atoms with Gasteiger partial charge in [-0.1, -0.05) is 30.7 Å². The van der Waals surface area contributed by atoms with Gasteiger partial charge in [-0.25, -0.2) is 4.79 Å². The van der Waals surface area contributed by atoms with E-state index >= 15 is 0 Å². The van der Waals surface area contributed by atoms with Crippen LogP contribution in [0.3, 0.4) is 0 Å². The average Bonchev–Trinajstić information content (AvgIpc) is 2.85. The molecule has 140 valence electrons. The maximum Gasteiger partial charge on any atom is 0.313 e. The Morgan fingerprint density at radius 3 is 2.59 bits per heavy atom. The monoisotopic (exact) mass is 381 g/mol. The molecule has 0 spiro atoms. The first-order valence-electron chi connectivity index (χ1n) is 9.85. The van der Waals surface area contributed by atoms with Crippen molar-refractivity contribution in [1.82, 2.24) is 4.98 Å². The van der Waals surface area contributed by atoms with Crippen molar-refractivity contribution >= 4 is 23.1 Å². The Morgan fingerprint density at radius 2 is 1.85 bits per heavy atom. The van der Waals surface area contributed by atoms with Gasteiger partial charge >= 0.3 is 5.91 Å². The minimum absolute atomic E-state index is 0.339. The van der Waals surface area contributed by atoms with E-state index in [9.17, 15) is 4.79 Å². The summed E-state index contributed by atoms with van der Waals surface area (Å²) in [6.45, 7) is 3.71. The molecule has 3 nitrogen and oxygen atoms in total. The molecule has 4 heteroatoms. The molecule has 1 aromatic carbocycles. The number of likely N-dealkylation sites (tertiary alicyclic amines) is 1. The zero-order valence-electron chi connectivity index (χ0n) is 16.1. The Kier molecular flexibility index (Phi) is 4.92. The summed E-state index contributed by atoms with van der Waals surface area (Å²) in [5, 5.41) is 0.790. The van der Waals surface area contributed by atoms with E-state index in [0.29, 0.717) is 16.8 Å². The van der Waals surface area contributed by atoms with Crippen LogP contribution < -0.4 is 0 Å². The van der Waals surface area contributed by atoms with Gasteiger partial charge in [-0.3, -0.25) is 9.47 Å². The molecule has 1 aliphatic heterocycles. The molecular formula is C23H26ClN2O+. The van der Waals surface area contributed by atoms with Crippen LogP contribution in [-0.2, 0) is 17.6 Å². The molecule has 1 saturated heterocycles.